The Morgan fingerprint density at radius 2 is 1.93 bits per heavy atom. The van der Waals surface area contributed by atoms with Gasteiger partial charge in [0.2, 0.25) is 0 Å². The Kier molecular flexibility index (Phi) is 2.87. The Bertz CT molecular complexity index is 325. The van der Waals surface area contributed by atoms with E-state index in [1.54, 1.807) is 6.26 Å². The van der Waals surface area contributed by atoms with Crippen molar-refractivity contribution in [1.82, 2.24) is 0 Å². The highest BCUT2D eigenvalue weighted by Gasteiger charge is 2.33. The Hall–Kier alpha value is -0.760. The van der Waals surface area contributed by atoms with E-state index in [9.17, 15) is 0 Å². The lowest BCUT2D eigenvalue weighted by atomic mass is 9.91. The van der Waals surface area contributed by atoms with Gasteiger partial charge in [-0.1, -0.05) is 27.7 Å². The van der Waals surface area contributed by atoms with Crippen LogP contribution in [0.2, 0.25) is 0 Å². The fraction of sp³-hybridized carbons (Fsp3) is 0.692. The first-order valence-corrected chi connectivity index (χ1v) is 5.81. The number of furan rings is 1. The van der Waals surface area contributed by atoms with Gasteiger partial charge < -0.3 is 9.15 Å². The van der Waals surface area contributed by atoms with Gasteiger partial charge in [-0.05, 0) is 23.5 Å². The summed E-state index contributed by atoms with van der Waals surface area (Å²) in [6.07, 6.45) is 3.25. The molecule has 2 rings (SSSR count). The highest BCUT2D eigenvalue weighted by Crippen LogP contribution is 2.37. The Morgan fingerprint density at radius 1 is 1.20 bits per heavy atom. The molecule has 0 fully saturated rings. The van der Waals surface area contributed by atoms with Gasteiger partial charge in [-0.3, -0.25) is 0 Å². The van der Waals surface area contributed by atoms with Crippen LogP contribution in [0.1, 0.15) is 45.1 Å². The average molecular weight is 208 g/mol. The summed E-state index contributed by atoms with van der Waals surface area (Å²) in [6, 6.07) is 2.09. The smallest absolute Gasteiger partial charge is 0.136 e. The first kappa shape index (κ1) is 10.7. The summed E-state index contributed by atoms with van der Waals surface area (Å²) >= 11 is 0. The average Bonchev–Trinajstić information content (AvgIpc) is 2.62. The van der Waals surface area contributed by atoms with Crippen molar-refractivity contribution in [3.63, 3.8) is 0 Å². The van der Waals surface area contributed by atoms with Crippen molar-refractivity contribution in [2.75, 3.05) is 0 Å². The fourth-order valence-electron chi connectivity index (χ4n) is 2.13. The van der Waals surface area contributed by atoms with Crippen molar-refractivity contribution >= 4 is 0 Å². The second kappa shape index (κ2) is 4.01. The van der Waals surface area contributed by atoms with Crippen molar-refractivity contribution in [2.24, 2.45) is 11.8 Å². The van der Waals surface area contributed by atoms with Gasteiger partial charge >= 0.3 is 0 Å². The summed E-state index contributed by atoms with van der Waals surface area (Å²) in [7, 11) is 0. The summed E-state index contributed by atoms with van der Waals surface area (Å²) < 4.78 is 11.6. The second-order valence-corrected chi connectivity index (χ2v) is 5.10. The third kappa shape index (κ3) is 1.96. The lowest BCUT2D eigenvalue weighted by Crippen LogP contribution is -2.31. The van der Waals surface area contributed by atoms with Crippen molar-refractivity contribution in [3.05, 3.63) is 23.7 Å². The van der Waals surface area contributed by atoms with Gasteiger partial charge in [-0.2, -0.15) is 0 Å². The number of fused-ring (bicyclic) bond motifs is 1. The molecule has 0 spiro atoms. The number of hydrogen-bond acceptors (Lipinski definition) is 2. The molecule has 2 heterocycles. The molecule has 84 valence electrons. The van der Waals surface area contributed by atoms with Crippen molar-refractivity contribution in [3.8, 4) is 0 Å². The zero-order valence-corrected chi connectivity index (χ0v) is 9.99. The Labute approximate surface area is 91.6 Å². The van der Waals surface area contributed by atoms with Crippen molar-refractivity contribution < 1.29 is 9.15 Å². The molecular weight excluding hydrogens is 188 g/mol. The number of hydrogen-bond donors (Lipinski definition) is 0. The van der Waals surface area contributed by atoms with E-state index in [4.69, 9.17) is 9.15 Å². The van der Waals surface area contributed by atoms with E-state index >= 15 is 0 Å². The van der Waals surface area contributed by atoms with E-state index in [0.29, 0.717) is 17.9 Å². The highest BCUT2D eigenvalue weighted by molar-refractivity contribution is 5.23. The minimum atomic E-state index is 0.135. The molecule has 0 radical (unpaired) electrons. The van der Waals surface area contributed by atoms with Crippen LogP contribution in [0, 0.1) is 11.8 Å². The standard InChI is InChI=1S/C13H20O2/c1-8(2)11-7-10-5-6-14-13(10)12(15-11)9(3)4/h5-6,8-9,11-12H,7H2,1-4H3/t11-,12-/m1/s1. The van der Waals surface area contributed by atoms with E-state index in [1.807, 2.05) is 0 Å². The molecule has 0 unspecified atom stereocenters. The molecule has 1 aliphatic rings. The molecule has 0 aromatic carbocycles. The number of ether oxygens (including phenoxy) is 1. The van der Waals surface area contributed by atoms with Crippen LogP contribution in [-0.2, 0) is 11.2 Å². The van der Waals surface area contributed by atoms with Crippen LogP contribution in [0.25, 0.3) is 0 Å². The molecule has 1 aromatic rings. The summed E-state index contributed by atoms with van der Waals surface area (Å²) in [6.45, 7) is 8.79. The zero-order chi connectivity index (χ0) is 11.0. The molecule has 2 nitrogen and oxygen atoms in total. The third-order valence-electron chi connectivity index (χ3n) is 3.13. The molecule has 0 N–H and O–H groups in total. The van der Waals surface area contributed by atoms with Crippen LogP contribution >= 0.6 is 0 Å². The molecule has 0 saturated heterocycles. The molecule has 1 aromatic heterocycles. The highest BCUT2D eigenvalue weighted by atomic mass is 16.5. The van der Waals surface area contributed by atoms with Gasteiger partial charge in [0.1, 0.15) is 11.9 Å². The maximum atomic E-state index is 6.10. The zero-order valence-electron chi connectivity index (χ0n) is 9.99. The Morgan fingerprint density at radius 3 is 2.53 bits per heavy atom. The third-order valence-corrected chi connectivity index (χ3v) is 3.13. The van der Waals surface area contributed by atoms with Crippen molar-refractivity contribution in [1.29, 1.82) is 0 Å². The molecular formula is C13H20O2. The maximum Gasteiger partial charge on any atom is 0.136 e. The lowest BCUT2D eigenvalue weighted by Gasteiger charge is -2.33. The van der Waals surface area contributed by atoms with Gasteiger partial charge in [-0.25, -0.2) is 0 Å². The first-order valence-electron chi connectivity index (χ1n) is 5.81. The van der Waals surface area contributed by atoms with Crippen LogP contribution in [0.5, 0.6) is 0 Å². The van der Waals surface area contributed by atoms with Crippen LogP contribution in [0.3, 0.4) is 0 Å². The minimum absolute atomic E-state index is 0.135. The molecule has 0 amide bonds. The van der Waals surface area contributed by atoms with Gasteiger partial charge in [0.25, 0.3) is 0 Å². The predicted octanol–water partition coefficient (Wildman–Crippen LogP) is 3.57. The summed E-state index contributed by atoms with van der Waals surface area (Å²) in [5, 5.41) is 0. The maximum absolute atomic E-state index is 6.10. The number of rotatable bonds is 2. The van der Waals surface area contributed by atoms with E-state index in [0.717, 1.165) is 12.2 Å². The van der Waals surface area contributed by atoms with Gasteiger partial charge in [-0.15, -0.1) is 0 Å². The predicted molar refractivity (Wildman–Crippen MR) is 59.7 cm³/mol. The second-order valence-electron chi connectivity index (χ2n) is 5.10. The lowest BCUT2D eigenvalue weighted by molar-refractivity contribution is -0.0795. The first-order chi connectivity index (χ1) is 7.09. The largest absolute Gasteiger partial charge is 0.466 e. The van der Waals surface area contributed by atoms with E-state index in [1.165, 1.54) is 5.56 Å². The normalized spacial score (nSPS) is 26.0. The van der Waals surface area contributed by atoms with E-state index in [2.05, 4.69) is 33.8 Å². The summed E-state index contributed by atoms with van der Waals surface area (Å²) in [5.74, 6) is 2.08. The minimum Gasteiger partial charge on any atom is -0.466 e. The van der Waals surface area contributed by atoms with Gasteiger partial charge in [0.05, 0.1) is 12.4 Å². The van der Waals surface area contributed by atoms with E-state index < -0.39 is 0 Å². The summed E-state index contributed by atoms with van der Waals surface area (Å²) in [4.78, 5) is 0. The fourth-order valence-corrected chi connectivity index (χ4v) is 2.13. The van der Waals surface area contributed by atoms with E-state index in [-0.39, 0.29) is 6.10 Å². The molecule has 2 heteroatoms. The summed E-state index contributed by atoms with van der Waals surface area (Å²) in [5.41, 5.74) is 1.33. The molecule has 0 aliphatic carbocycles. The van der Waals surface area contributed by atoms with Crippen LogP contribution < -0.4 is 0 Å². The molecule has 1 aliphatic heterocycles. The Balaban J connectivity index is 2.27. The van der Waals surface area contributed by atoms with Crippen LogP contribution in [0.15, 0.2) is 16.7 Å². The molecule has 0 saturated carbocycles. The SMILES string of the molecule is CC(C)[C@H]1Cc2ccoc2[C@@H](C(C)C)O1. The molecule has 15 heavy (non-hydrogen) atoms. The van der Waals surface area contributed by atoms with Crippen molar-refractivity contribution in [2.45, 2.75) is 46.3 Å². The van der Waals surface area contributed by atoms with Gasteiger partial charge in [0.15, 0.2) is 0 Å². The molecule has 0 bridgehead atoms. The molecule has 2 atom stereocenters. The quantitative estimate of drug-likeness (QED) is 0.741. The van der Waals surface area contributed by atoms with Crippen LogP contribution in [0.4, 0.5) is 0 Å². The van der Waals surface area contributed by atoms with Crippen LogP contribution in [-0.4, -0.2) is 6.10 Å². The van der Waals surface area contributed by atoms with Gasteiger partial charge in [0, 0.05) is 6.42 Å². The topological polar surface area (TPSA) is 22.4 Å². The monoisotopic (exact) mass is 208 g/mol.